The first-order chi connectivity index (χ1) is 11.6. The van der Waals surface area contributed by atoms with Crippen LogP contribution >= 0.6 is 11.3 Å². The van der Waals surface area contributed by atoms with Crippen LogP contribution in [0, 0.1) is 6.92 Å². The molecule has 1 aromatic heterocycles. The Morgan fingerprint density at radius 3 is 2.67 bits per heavy atom. The highest BCUT2D eigenvalue weighted by molar-refractivity contribution is 7.15. The Kier molecular flexibility index (Phi) is 5.13. The van der Waals surface area contributed by atoms with Gasteiger partial charge >= 0.3 is 0 Å². The number of hydrogen-bond donors (Lipinski definition) is 3. The average molecular weight is 340 g/mol. The van der Waals surface area contributed by atoms with E-state index in [4.69, 9.17) is 5.11 Å². The molecule has 3 rings (SSSR count). The van der Waals surface area contributed by atoms with Gasteiger partial charge in [0.15, 0.2) is 5.13 Å². The summed E-state index contributed by atoms with van der Waals surface area (Å²) in [7, 11) is 0. The van der Waals surface area contributed by atoms with Gasteiger partial charge in [-0.2, -0.15) is 0 Å². The Labute approximate surface area is 145 Å². The van der Waals surface area contributed by atoms with Gasteiger partial charge in [0.2, 0.25) is 0 Å². The van der Waals surface area contributed by atoms with Crippen LogP contribution in [-0.2, 0) is 12.8 Å². The Hall–Kier alpha value is -2.37. The van der Waals surface area contributed by atoms with Gasteiger partial charge < -0.3 is 15.5 Å². The van der Waals surface area contributed by atoms with Crippen molar-refractivity contribution in [3.05, 3.63) is 70.2 Å². The highest BCUT2D eigenvalue weighted by atomic mass is 32.1. The number of aryl methyl sites for hydroxylation is 1. The van der Waals surface area contributed by atoms with Crippen LogP contribution in [0.1, 0.15) is 21.6 Å². The minimum absolute atomic E-state index is 0.107. The number of aromatic hydroxyl groups is 1. The molecule has 0 fully saturated rings. The van der Waals surface area contributed by atoms with Crippen molar-refractivity contribution in [2.24, 2.45) is 0 Å². The first kappa shape index (κ1) is 16.5. The number of benzene rings is 2. The van der Waals surface area contributed by atoms with E-state index in [2.05, 4.69) is 29.4 Å². The van der Waals surface area contributed by atoms with Crippen LogP contribution in [0.15, 0.2) is 48.7 Å². The minimum atomic E-state index is 0.107. The number of nitrogens with zero attached hydrogens (tertiary/aromatic N) is 1. The molecule has 0 radical (unpaired) electrons. The fourth-order valence-electron chi connectivity index (χ4n) is 2.46. The zero-order valence-corrected chi connectivity index (χ0v) is 14.3. The number of hydrogen-bond acceptors (Lipinski definition) is 5. The molecule has 2 aromatic carbocycles. The Morgan fingerprint density at radius 1 is 1.12 bits per heavy atom. The molecule has 24 heavy (non-hydrogen) atoms. The standard InChI is InChI=1S/C19H20N2O2S/c1-13-2-5-16(6-3-13)21-19-20-12-17(24-19)11-15-10-14(8-9-22)4-7-18(15)23/h2-7,10,12,22-23H,8-9,11H2,1H3,(H,20,21). The van der Waals surface area contributed by atoms with Crippen LogP contribution < -0.4 is 5.32 Å². The van der Waals surface area contributed by atoms with Crippen LogP contribution in [0.25, 0.3) is 0 Å². The lowest BCUT2D eigenvalue weighted by Gasteiger charge is -2.06. The lowest BCUT2D eigenvalue weighted by molar-refractivity contribution is 0.299. The van der Waals surface area contributed by atoms with Crippen molar-refractivity contribution in [3.63, 3.8) is 0 Å². The van der Waals surface area contributed by atoms with Crippen molar-refractivity contribution in [2.45, 2.75) is 19.8 Å². The Morgan fingerprint density at radius 2 is 1.92 bits per heavy atom. The SMILES string of the molecule is Cc1ccc(Nc2ncc(Cc3cc(CCO)ccc3O)s2)cc1. The fourth-order valence-corrected chi connectivity index (χ4v) is 3.32. The van der Waals surface area contributed by atoms with Gasteiger partial charge in [-0.25, -0.2) is 4.98 Å². The molecule has 0 bridgehead atoms. The predicted molar refractivity (Wildman–Crippen MR) is 98.3 cm³/mol. The van der Waals surface area contributed by atoms with E-state index >= 15 is 0 Å². The third-order valence-corrected chi connectivity index (χ3v) is 4.68. The summed E-state index contributed by atoms with van der Waals surface area (Å²) >= 11 is 1.57. The molecule has 0 saturated heterocycles. The highest BCUT2D eigenvalue weighted by Gasteiger charge is 2.08. The van der Waals surface area contributed by atoms with Gasteiger partial charge in [0.05, 0.1) is 0 Å². The number of aliphatic hydroxyl groups excluding tert-OH is 1. The summed E-state index contributed by atoms with van der Waals surface area (Å²) < 4.78 is 0. The van der Waals surface area contributed by atoms with E-state index in [1.165, 1.54) is 5.56 Å². The van der Waals surface area contributed by atoms with Crippen LogP contribution in [0.4, 0.5) is 10.8 Å². The zero-order chi connectivity index (χ0) is 16.9. The van der Waals surface area contributed by atoms with Crippen LogP contribution in [0.2, 0.25) is 0 Å². The second-order valence-electron chi connectivity index (χ2n) is 5.74. The Balaban J connectivity index is 1.72. The highest BCUT2D eigenvalue weighted by Crippen LogP contribution is 2.28. The van der Waals surface area contributed by atoms with Crippen molar-refractivity contribution in [2.75, 3.05) is 11.9 Å². The predicted octanol–water partition coefficient (Wildman–Crippen LogP) is 4.03. The summed E-state index contributed by atoms with van der Waals surface area (Å²) in [6.07, 6.45) is 3.05. The zero-order valence-electron chi connectivity index (χ0n) is 13.5. The molecule has 3 aromatic rings. The fraction of sp³-hybridized carbons (Fsp3) is 0.211. The summed E-state index contributed by atoms with van der Waals surface area (Å²) in [4.78, 5) is 5.47. The topological polar surface area (TPSA) is 65.4 Å². The molecule has 0 saturated carbocycles. The third-order valence-electron chi connectivity index (χ3n) is 3.77. The molecule has 5 heteroatoms. The number of phenols is 1. The molecular formula is C19H20N2O2S. The molecule has 3 N–H and O–H groups in total. The van der Waals surface area contributed by atoms with E-state index in [1.807, 2.05) is 30.5 Å². The van der Waals surface area contributed by atoms with Gasteiger partial charge in [0, 0.05) is 29.8 Å². The van der Waals surface area contributed by atoms with E-state index in [0.29, 0.717) is 12.8 Å². The van der Waals surface area contributed by atoms with Crippen LogP contribution in [-0.4, -0.2) is 21.8 Å². The second-order valence-corrected chi connectivity index (χ2v) is 6.85. The van der Waals surface area contributed by atoms with Gasteiger partial charge in [-0.15, -0.1) is 11.3 Å². The van der Waals surface area contributed by atoms with E-state index in [0.717, 1.165) is 26.8 Å². The lowest BCUT2D eigenvalue weighted by atomic mass is 10.0. The Bertz CT molecular complexity index is 812. The second kappa shape index (κ2) is 7.47. The van der Waals surface area contributed by atoms with Gasteiger partial charge in [-0.1, -0.05) is 29.8 Å². The van der Waals surface area contributed by atoms with Crippen molar-refractivity contribution in [1.82, 2.24) is 4.98 Å². The lowest BCUT2D eigenvalue weighted by Crippen LogP contribution is -1.93. The van der Waals surface area contributed by atoms with E-state index in [-0.39, 0.29) is 12.4 Å². The molecule has 0 unspecified atom stereocenters. The molecular weight excluding hydrogens is 320 g/mol. The number of nitrogens with one attached hydrogen (secondary N) is 1. The maximum atomic E-state index is 10.0. The number of anilines is 2. The van der Waals surface area contributed by atoms with E-state index in [9.17, 15) is 5.11 Å². The largest absolute Gasteiger partial charge is 0.508 e. The number of thiazole rings is 1. The molecule has 124 valence electrons. The third kappa shape index (κ3) is 4.13. The minimum Gasteiger partial charge on any atom is -0.508 e. The van der Waals surface area contributed by atoms with Crippen LogP contribution in [0.3, 0.4) is 0 Å². The van der Waals surface area contributed by atoms with Gasteiger partial charge in [0.1, 0.15) is 5.75 Å². The van der Waals surface area contributed by atoms with Gasteiger partial charge in [-0.05, 0) is 42.7 Å². The molecule has 0 aliphatic heterocycles. The summed E-state index contributed by atoms with van der Waals surface area (Å²) in [6, 6.07) is 13.6. The van der Waals surface area contributed by atoms with Gasteiger partial charge in [0.25, 0.3) is 0 Å². The van der Waals surface area contributed by atoms with Crippen molar-refractivity contribution >= 4 is 22.2 Å². The molecule has 0 aliphatic carbocycles. The average Bonchev–Trinajstić information content (AvgIpc) is 3.00. The number of aromatic nitrogens is 1. The number of rotatable bonds is 6. The molecule has 0 aliphatic rings. The summed E-state index contributed by atoms with van der Waals surface area (Å²) in [5.41, 5.74) is 4.10. The molecule has 0 atom stereocenters. The normalized spacial score (nSPS) is 10.8. The monoisotopic (exact) mass is 340 g/mol. The van der Waals surface area contributed by atoms with Crippen molar-refractivity contribution in [1.29, 1.82) is 0 Å². The summed E-state index contributed by atoms with van der Waals surface area (Å²) in [5, 5.41) is 23.2. The number of aliphatic hydroxyl groups is 1. The maximum Gasteiger partial charge on any atom is 0.187 e. The summed E-state index contributed by atoms with van der Waals surface area (Å²) in [5.74, 6) is 0.276. The first-order valence-corrected chi connectivity index (χ1v) is 8.66. The quantitative estimate of drug-likeness (QED) is 0.634. The van der Waals surface area contributed by atoms with Crippen LogP contribution in [0.5, 0.6) is 5.75 Å². The number of phenolic OH excluding ortho intramolecular Hbond substituents is 1. The van der Waals surface area contributed by atoms with Gasteiger partial charge in [-0.3, -0.25) is 0 Å². The van der Waals surface area contributed by atoms with Crippen molar-refractivity contribution < 1.29 is 10.2 Å². The smallest absolute Gasteiger partial charge is 0.187 e. The molecule has 0 amide bonds. The van der Waals surface area contributed by atoms with E-state index in [1.54, 1.807) is 17.4 Å². The van der Waals surface area contributed by atoms with E-state index < -0.39 is 0 Å². The maximum absolute atomic E-state index is 10.0. The molecule has 4 nitrogen and oxygen atoms in total. The molecule has 0 spiro atoms. The van der Waals surface area contributed by atoms with Crippen molar-refractivity contribution in [3.8, 4) is 5.75 Å². The first-order valence-electron chi connectivity index (χ1n) is 7.84. The summed E-state index contributed by atoms with van der Waals surface area (Å²) in [6.45, 7) is 2.16. The molecule has 1 heterocycles.